The van der Waals surface area contributed by atoms with Crippen molar-refractivity contribution in [2.45, 2.75) is 52.5 Å². The lowest BCUT2D eigenvalue weighted by atomic mass is 9.92. The molecule has 0 spiro atoms. The lowest BCUT2D eigenvalue weighted by Gasteiger charge is -2.34. The molecule has 0 aromatic heterocycles. The Hall–Kier alpha value is -0.900. The van der Waals surface area contributed by atoms with Gasteiger partial charge in [0.1, 0.15) is 5.78 Å². The van der Waals surface area contributed by atoms with Crippen LogP contribution in [-0.4, -0.2) is 42.3 Å². The quantitative estimate of drug-likeness (QED) is 0.732. The van der Waals surface area contributed by atoms with E-state index in [2.05, 4.69) is 17.1 Å². The van der Waals surface area contributed by atoms with Gasteiger partial charge in [0.15, 0.2) is 0 Å². The first-order chi connectivity index (χ1) is 8.56. The largest absolute Gasteiger partial charge is 0.355 e. The summed E-state index contributed by atoms with van der Waals surface area (Å²) in [7, 11) is 0. The number of likely N-dealkylation sites (tertiary alicyclic amines) is 1. The van der Waals surface area contributed by atoms with Gasteiger partial charge < -0.3 is 5.32 Å². The number of carbonyl (C=O) groups excluding carboxylic acids is 2. The van der Waals surface area contributed by atoms with E-state index in [1.165, 1.54) is 0 Å². The Morgan fingerprint density at radius 2 is 1.94 bits per heavy atom. The summed E-state index contributed by atoms with van der Waals surface area (Å²) in [6.07, 6.45) is 3.91. The summed E-state index contributed by atoms with van der Waals surface area (Å²) in [4.78, 5) is 25.4. The van der Waals surface area contributed by atoms with E-state index >= 15 is 0 Å². The highest BCUT2D eigenvalue weighted by atomic mass is 16.2. The van der Waals surface area contributed by atoms with E-state index in [0.29, 0.717) is 0 Å². The van der Waals surface area contributed by atoms with Crippen LogP contribution in [0.1, 0.15) is 46.5 Å². The molecular weight excluding hydrogens is 228 g/mol. The molecular formula is C14H26N2O2. The normalized spacial score (nSPS) is 19.5. The number of amides is 1. The standard InChI is InChI=1S/C14H26N2O2/c1-4-5-8-15-14(18)11(2)16-9-6-13(7-10-16)12(3)17/h11,13H,4-10H2,1-3H3,(H,15,18). The Labute approximate surface area is 110 Å². The summed E-state index contributed by atoms with van der Waals surface area (Å²) in [5, 5.41) is 2.97. The second-order valence-electron chi connectivity index (χ2n) is 5.24. The molecule has 1 N–H and O–H groups in total. The maximum Gasteiger partial charge on any atom is 0.237 e. The summed E-state index contributed by atoms with van der Waals surface area (Å²) >= 11 is 0. The van der Waals surface area contributed by atoms with Crippen LogP contribution < -0.4 is 5.32 Å². The van der Waals surface area contributed by atoms with Gasteiger partial charge in [-0.1, -0.05) is 13.3 Å². The van der Waals surface area contributed by atoms with Crippen molar-refractivity contribution in [2.75, 3.05) is 19.6 Å². The van der Waals surface area contributed by atoms with E-state index < -0.39 is 0 Å². The smallest absolute Gasteiger partial charge is 0.237 e. The van der Waals surface area contributed by atoms with E-state index in [0.717, 1.165) is 45.3 Å². The zero-order valence-corrected chi connectivity index (χ0v) is 11.9. The Bertz CT molecular complexity index is 284. The summed E-state index contributed by atoms with van der Waals surface area (Å²) in [6, 6.07) is -0.0743. The molecule has 1 heterocycles. The minimum atomic E-state index is -0.0743. The van der Waals surface area contributed by atoms with Gasteiger partial charge in [-0.2, -0.15) is 0 Å². The SMILES string of the molecule is CCCCNC(=O)C(C)N1CCC(C(C)=O)CC1. The van der Waals surface area contributed by atoms with Crippen LogP contribution in [0.25, 0.3) is 0 Å². The summed E-state index contributed by atoms with van der Waals surface area (Å²) < 4.78 is 0. The molecule has 1 amide bonds. The predicted molar refractivity (Wildman–Crippen MR) is 72.4 cm³/mol. The maximum atomic E-state index is 11.9. The minimum Gasteiger partial charge on any atom is -0.355 e. The summed E-state index contributed by atoms with van der Waals surface area (Å²) in [5.74, 6) is 0.607. The molecule has 1 rings (SSSR count). The van der Waals surface area contributed by atoms with Gasteiger partial charge >= 0.3 is 0 Å². The molecule has 1 saturated heterocycles. The highest BCUT2D eigenvalue weighted by Crippen LogP contribution is 2.19. The maximum absolute atomic E-state index is 11.9. The van der Waals surface area contributed by atoms with Crippen molar-refractivity contribution < 1.29 is 9.59 Å². The highest BCUT2D eigenvalue weighted by Gasteiger charge is 2.27. The molecule has 1 atom stereocenters. The number of unbranched alkanes of at least 4 members (excludes halogenated alkanes) is 1. The molecule has 104 valence electrons. The lowest BCUT2D eigenvalue weighted by Crippen LogP contribution is -2.49. The molecule has 0 aromatic carbocycles. The monoisotopic (exact) mass is 254 g/mol. The van der Waals surface area contributed by atoms with Crippen LogP contribution in [0.4, 0.5) is 0 Å². The Morgan fingerprint density at radius 1 is 1.33 bits per heavy atom. The van der Waals surface area contributed by atoms with Crippen LogP contribution in [0.5, 0.6) is 0 Å². The fourth-order valence-corrected chi connectivity index (χ4v) is 2.40. The van der Waals surface area contributed by atoms with Crippen molar-refractivity contribution in [1.82, 2.24) is 10.2 Å². The average Bonchev–Trinajstić information content (AvgIpc) is 2.38. The number of hydrogen-bond acceptors (Lipinski definition) is 3. The first-order valence-corrected chi connectivity index (χ1v) is 7.08. The molecule has 0 saturated carbocycles. The predicted octanol–water partition coefficient (Wildman–Crippen LogP) is 1.59. The van der Waals surface area contributed by atoms with Gasteiger partial charge in [0.2, 0.25) is 5.91 Å². The van der Waals surface area contributed by atoms with E-state index in [4.69, 9.17) is 0 Å². The van der Waals surface area contributed by atoms with Crippen molar-refractivity contribution in [3.63, 3.8) is 0 Å². The van der Waals surface area contributed by atoms with Gasteiger partial charge in [0.05, 0.1) is 6.04 Å². The van der Waals surface area contributed by atoms with E-state index in [-0.39, 0.29) is 23.7 Å². The van der Waals surface area contributed by atoms with Gasteiger partial charge in [-0.3, -0.25) is 14.5 Å². The molecule has 18 heavy (non-hydrogen) atoms. The van der Waals surface area contributed by atoms with Crippen molar-refractivity contribution in [3.8, 4) is 0 Å². The zero-order valence-electron chi connectivity index (χ0n) is 11.9. The third kappa shape index (κ3) is 4.41. The number of rotatable bonds is 6. The first kappa shape index (κ1) is 15.2. The number of piperidine rings is 1. The highest BCUT2D eigenvalue weighted by molar-refractivity contribution is 5.81. The summed E-state index contributed by atoms with van der Waals surface area (Å²) in [5.41, 5.74) is 0. The Kier molecular flexibility index (Phi) is 6.33. The number of ketones is 1. The van der Waals surface area contributed by atoms with E-state index in [1.54, 1.807) is 6.92 Å². The first-order valence-electron chi connectivity index (χ1n) is 7.08. The van der Waals surface area contributed by atoms with Crippen LogP contribution in [0.3, 0.4) is 0 Å². The topological polar surface area (TPSA) is 49.4 Å². The van der Waals surface area contributed by atoms with Crippen molar-refractivity contribution >= 4 is 11.7 Å². The number of nitrogens with one attached hydrogen (secondary N) is 1. The molecule has 1 aliphatic rings. The number of Topliss-reactive ketones (excluding diaryl/α,β-unsaturated/α-hetero) is 1. The molecule has 0 radical (unpaired) electrons. The second kappa shape index (κ2) is 7.52. The number of nitrogens with zero attached hydrogens (tertiary/aromatic N) is 1. The van der Waals surface area contributed by atoms with Gasteiger partial charge in [-0.25, -0.2) is 0 Å². The molecule has 1 fully saturated rings. The minimum absolute atomic E-state index is 0.0743. The fourth-order valence-electron chi connectivity index (χ4n) is 2.40. The molecule has 4 nitrogen and oxygen atoms in total. The fraction of sp³-hybridized carbons (Fsp3) is 0.857. The van der Waals surface area contributed by atoms with Gasteiger partial charge in [0.25, 0.3) is 0 Å². The van der Waals surface area contributed by atoms with Gasteiger partial charge in [-0.15, -0.1) is 0 Å². The lowest BCUT2D eigenvalue weighted by molar-refractivity contribution is -0.127. The van der Waals surface area contributed by atoms with Gasteiger partial charge in [-0.05, 0) is 46.2 Å². The van der Waals surface area contributed by atoms with E-state index in [9.17, 15) is 9.59 Å². The zero-order chi connectivity index (χ0) is 13.5. The van der Waals surface area contributed by atoms with Crippen LogP contribution in [0.2, 0.25) is 0 Å². The van der Waals surface area contributed by atoms with Crippen LogP contribution in [-0.2, 0) is 9.59 Å². The Balaban J connectivity index is 2.32. The van der Waals surface area contributed by atoms with Crippen molar-refractivity contribution in [2.24, 2.45) is 5.92 Å². The molecule has 0 bridgehead atoms. The molecule has 1 aliphatic heterocycles. The van der Waals surface area contributed by atoms with Gasteiger partial charge in [0, 0.05) is 12.5 Å². The molecule has 4 heteroatoms. The molecule has 0 aliphatic carbocycles. The van der Waals surface area contributed by atoms with Crippen LogP contribution in [0, 0.1) is 5.92 Å². The van der Waals surface area contributed by atoms with Crippen molar-refractivity contribution in [1.29, 1.82) is 0 Å². The van der Waals surface area contributed by atoms with Crippen LogP contribution in [0.15, 0.2) is 0 Å². The number of carbonyl (C=O) groups is 2. The third-order valence-electron chi connectivity index (χ3n) is 3.86. The van der Waals surface area contributed by atoms with Crippen LogP contribution >= 0.6 is 0 Å². The third-order valence-corrected chi connectivity index (χ3v) is 3.86. The Morgan fingerprint density at radius 3 is 2.44 bits per heavy atom. The average molecular weight is 254 g/mol. The second-order valence-corrected chi connectivity index (χ2v) is 5.24. The summed E-state index contributed by atoms with van der Waals surface area (Å²) in [6.45, 7) is 8.21. The number of hydrogen-bond donors (Lipinski definition) is 1. The van der Waals surface area contributed by atoms with Crippen molar-refractivity contribution in [3.05, 3.63) is 0 Å². The molecule has 0 aromatic rings. The van der Waals surface area contributed by atoms with E-state index in [1.807, 2.05) is 6.92 Å². The molecule has 1 unspecified atom stereocenters.